The first-order chi connectivity index (χ1) is 10.5. The van der Waals surface area contributed by atoms with Crippen LogP contribution in [0.1, 0.15) is 12.8 Å². The van der Waals surface area contributed by atoms with Crippen molar-refractivity contribution in [1.29, 1.82) is 0 Å². The third kappa shape index (κ3) is 3.58. The van der Waals surface area contributed by atoms with Gasteiger partial charge in [0, 0.05) is 39.7 Å². The van der Waals surface area contributed by atoms with Crippen molar-refractivity contribution >= 4 is 20.0 Å². The fraction of sp³-hybridized carbons (Fsp3) is 0.571. The minimum Gasteiger partial charge on any atom is -0.396 e. The van der Waals surface area contributed by atoms with Crippen LogP contribution in [0, 0.1) is 5.41 Å². The van der Waals surface area contributed by atoms with E-state index in [1.807, 2.05) is 0 Å². The van der Waals surface area contributed by atoms with E-state index in [0.29, 0.717) is 0 Å². The number of nitrogens with zero attached hydrogens (tertiary/aromatic N) is 2. The van der Waals surface area contributed by atoms with Crippen molar-refractivity contribution in [2.45, 2.75) is 22.6 Å². The molecule has 2 rings (SSSR count). The lowest BCUT2D eigenvalue weighted by Gasteiger charge is -2.22. The van der Waals surface area contributed by atoms with Gasteiger partial charge in [-0.05, 0) is 37.1 Å². The summed E-state index contributed by atoms with van der Waals surface area (Å²) in [6, 6.07) is 5.16. The Bertz CT molecular complexity index is 766. The van der Waals surface area contributed by atoms with Gasteiger partial charge in [0.15, 0.2) is 0 Å². The molecule has 1 fully saturated rings. The number of hydrogen-bond donors (Lipinski definition) is 1. The summed E-state index contributed by atoms with van der Waals surface area (Å²) in [5.74, 6) is 0. The average Bonchev–Trinajstić information content (AvgIpc) is 3.27. The molecule has 0 aromatic heterocycles. The number of hydrogen-bond acceptors (Lipinski definition) is 5. The van der Waals surface area contributed by atoms with Crippen LogP contribution in [0.15, 0.2) is 34.1 Å². The van der Waals surface area contributed by atoms with Gasteiger partial charge in [-0.1, -0.05) is 0 Å². The average molecular weight is 362 g/mol. The van der Waals surface area contributed by atoms with Gasteiger partial charge in [0.2, 0.25) is 20.0 Å². The Hall–Kier alpha value is -1.00. The molecule has 9 heteroatoms. The molecule has 0 radical (unpaired) electrons. The Labute approximate surface area is 137 Å². The van der Waals surface area contributed by atoms with E-state index in [4.69, 9.17) is 0 Å². The van der Waals surface area contributed by atoms with E-state index in [1.165, 1.54) is 49.7 Å². The molecule has 0 amide bonds. The SMILES string of the molecule is CN(C)S(=O)(=O)c1ccc(S(=O)(=O)N(C)CC2(CO)CC2)cc1. The number of benzene rings is 1. The number of sulfonamides is 2. The molecule has 0 aliphatic heterocycles. The van der Waals surface area contributed by atoms with Crippen LogP contribution < -0.4 is 0 Å². The fourth-order valence-electron chi connectivity index (χ4n) is 2.27. The third-order valence-electron chi connectivity index (χ3n) is 4.16. The Morgan fingerprint density at radius 3 is 1.74 bits per heavy atom. The molecule has 1 aromatic carbocycles. The van der Waals surface area contributed by atoms with Crippen molar-refractivity contribution in [1.82, 2.24) is 8.61 Å². The summed E-state index contributed by atoms with van der Waals surface area (Å²) in [5, 5.41) is 9.33. The molecule has 7 nitrogen and oxygen atoms in total. The predicted molar refractivity (Wildman–Crippen MR) is 85.9 cm³/mol. The van der Waals surface area contributed by atoms with Gasteiger partial charge in [-0.25, -0.2) is 25.4 Å². The topological polar surface area (TPSA) is 95.0 Å². The lowest BCUT2D eigenvalue weighted by Crippen LogP contribution is -2.34. The van der Waals surface area contributed by atoms with Gasteiger partial charge in [0.25, 0.3) is 0 Å². The number of aliphatic hydroxyl groups excluding tert-OH is 1. The highest BCUT2D eigenvalue weighted by Crippen LogP contribution is 2.46. The van der Waals surface area contributed by atoms with E-state index in [0.717, 1.165) is 17.1 Å². The highest BCUT2D eigenvalue weighted by atomic mass is 32.2. The van der Waals surface area contributed by atoms with Gasteiger partial charge in [0.05, 0.1) is 9.79 Å². The molecule has 1 N–H and O–H groups in total. The first-order valence-electron chi connectivity index (χ1n) is 7.15. The summed E-state index contributed by atoms with van der Waals surface area (Å²) in [6.45, 7) is 0.219. The van der Waals surface area contributed by atoms with Crippen LogP contribution in [-0.2, 0) is 20.0 Å². The maximum Gasteiger partial charge on any atom is 0.242 e. The van der Waals surface area contributed by atoms with Crippen LogP contribution in [0.4, 0.5) is 0 Å². The molecule has 23 heavy (non-hydrogen) atoms. The normalized spacial score (nSPS) is 17.7. The Kier molecular flexibility index (Phi) is 4.89. The van der Waals surface area contributed by atoms with Gasteiger partial charge in [-0.2, -0.15) is 0 Å². The molecule has 0 saturated heterocycles. The maximum atomic E-state index is 12.5. The van der Waals surface area contributed by atoms with Crippen molar-refractivity contribution in [3.63, 3.8) is 0 Å². The number of rotatable bonds is 7. The van der Waals surface area contributed by atoms with Gasteiger partial charge >= 0.3 is 0 Å². The molecule has 130 valence electrons. The summed E-state index contributed by atoms with van der Waals surface area (Å²) in [7, 11) is -3.00. The van der Waals surface area contributed by atoms with E-state index >= 15 is 0 Å². The third-order valence-corrected chi connectivity index (χ3v) is 7.81. The molecule has 1 aromatic rings. The lowest BCUT2D eigenvalue weighted by atomic mass is 10.1. The lowest BCUT2D eigenvalue weighted by molar-refractivity contribution is 0.192. The zero-order chi connectivity index (χ0) is 17.5. The van der Waals surface area contributed by atoms with Gasteiger partial charge in [-0.3, -0.25) is 0 Å². The molecule has 0 spiro atoms. The minimum atomic E-state index is -3.71. The first-order valence-corrected chi connectivity index (χ1v) is 10.0. The molecule has 1 aliphatic rings. The highest BCUT2D eigenvalue weighted by molar-refractivity contribution is 7.89. The van der Waals surface area contributed by atoms with Crippen molar-refractivity contribution < 1.29 is 21.9 Å². The van der Waals surface area contributed by atoms with Crippen LogP contribution in [-0.4, -0.2) is 64.8 Å². The van der Waals surface area contributed by atoms with Crippen molar-refractivity contribution in [2.75, 3.05) is 34.3 Å². The number of aliphatic hydroxyl groups is 1. The Balaban J connectivity index is 2.24. The zero-order valence-corrected chi connectivity index (χ0v) is 15.1. The molecular weight excluding hydrogens is 340 g/mol. The summed E-state index contributed by atoms with van der Waals surface area (Å²) in [6.07, 6.45) is 1.62. The van der Waals surface area contributed by atoms with Crippen LogP contribution >= 0.6 is 0 Å². The first kappa shape index (κ1) is 18.3. The quantitative estimate of drug-likeness (QED) is 0.754. The van der Waals surface area contributed by atoms with Crippen LogP contribution in [0.3, 0.4) is 0 Å². The van der Waals surface area contributed by atoms with E-state index < -0.39 is 20.0 Å². The molecule has 0 unspecified atom stereocenters. The van der Waals surface area contributed by atoms with Gasteiger partial charge < -0.3 is 5.11 Å². The fourth-order valence-corrected chi connectivity index (χ4v) is 4.46. The van der Waals surface area contributed by atoms with E-state index in [1.54, 1.807) is 0 Å². The molecule has 1 saturated carbocycles. The van der Waals surface area contributed by atoms with Crippen molar-refractivity contribution in [3.05, 3.63) is 24.3 Å². The smallest absolute Gasteiger partial charge is 0.242 e. The van der Waals surface area contributed by atoms with E-state index in [9.17, 15) is 21.9 Å². The van der Waals surface area contributed by atoms with Crippen molar-refractivity contribution in [2.24, 2.45) is 5.41 Å². The molecule has 1 aliphatic carbocycles. The van der Waals surface area contributed by atoms with E-state index in [2.05, 4.69) is 0 Å². The molecule has 0 atom stereocenters. The summed E-state index contributed by atoms with van der Waals surface area (Å²) in [5.41, 5.74) is -0.323. The second kappa shape index (κ2) is 6.14. The second-order valence-electron chi connectivity index (χ2n) is 6.18. The Morgan fingerprint density at radius 2 is 1.39 bits per heavy atom. The van der Waals surface area contributed by atoms with Gasteiger partial charge in [0.1, 0.15) is 0 Å². The zero-order valence-electron chi connectivity index (χ0n) is 13.4. The van der Waals surface area contributed by atoms with Gasteiger partial charge in [-0.15, -0.1) is 0 Å². The van der Waals surface area contributed by atoms with Crippen LogP contribution in [0.5, 0.6) is 0 Å². The predicted octanol–water partition coefficient (Wildman–Crippen LogP) is 0.330. The largest absolute Gasteiger partial charge is 0.396 e. The van der Waals surface area contributed by atoms with E-state index in [-0.39, 0.29) is 28.4 Å². The maximum absolute atomic E-state index is 12.5. The molecular formula is C14H22N2O5S2. The van der Waals surface area contributed by atoms with Crippen LogP contribution in [0.25, 0.3) is 0 Å². The molecule has 0 bridgehead atoms. The Morgan fingerprint density at radius 1 is 0.957 bits per heavy atom. The summed E-state index contributed by atoms with van der Waals surface area (Å²) < 4.78 is 51.3. The summed E-state index contributed by atoms with van der Waals surface area (Å²) in [4.78, 5) is 0.0737. The standard InChI is InChI=1S/C14H22N2O5S2/c1-15(2)22(18,19)12-4-6-13(7-5-12)23(20,21)16(3)10-14(11-17)8-9-14/h4-7,17H,8-11H2,1-3H3. The minimum absolute atomic E-state index is 0.0337. The molecule has 0 heterocycles. The highest BCUT2D eigenvalue weighted by Gasteiger charge is 2.44. The van der Waals surface area contributed by atoms with Crippen molar-refractivity contribution in [3.8, 4) is 0 Å². The summed E-state index contributed by atoms with van der Waals surface area (Å²) >= 11 is 0. The monoisotopic (exact) mass is 362 g/mol. The van der Waals surface area contributed by atoms with Crippen LogP contribution in [0.2, 0.25) is 0 Å². The second-order valence-corrected chi connectivity index (χ2v) is 10.4.